The maximum Gasteiger partial charge on any atom is 0.416 e. The third-order valence-corrected chi connectivity index (χ3v) is 4.16. The van der Waals surface area contributed by atoms with Crippen LogP contribution in [0.1, 0.15) is 33.2 Å². The molecule has 26 heavy (non-hydrogen) atoms. The summed E-state index contributed by atoms with van der Waals surface area (Å²) in [6.07, 6.45) is -3.10. The number of nitrogens with one attached hydrogen (secondary N) is 1. The molecule has 1 saturated heterocycles. The predicted octanol–water partition coefficient (Wildman–Crippen LogP) is 2.12. The van der Waals surface area contributed by atoms with Crippen molar-refractivity contribution < 1.29 is 22.8 Å². The van der Waals surface area contributed by atoms with Crippen molar-refractivity contribution in [3.8, 4) is 0 Å². The third kappa shape index (κ3) is 3.37. The number of carbonyl (C=O) groups excluding carboxylic acids is 2. The number of alkyl halides is 3. The summed E-state index contributed by atoms with van der Waals surface area (Å²) in [6, 6.07) is 4.73. The number of carbonyl (C=O) groups is 2. The van der Waals surface area contributed by atoms with Crippen molar-refractivity contribution >= 4 is 11.8 Å². The second-order valence-electron chi connectivity index (χ2n) is 5.84. The molecule has 0 spiro atoms. The van der Waals surface area contributed by atoms with E-state index >= 15 is 0 Å². The van der Waals surface area contributed by atoms with Crippen molar-refractivity contribution in [1.29, 1.82) is 0 Å². The van der Waals surface area contributed by atoms with E-state index in [4.69, 9.17) is 0 Å². The van der Waals surface area contributed by atoms with Crippen LogP contribution in [-0.4, -0.2) is 40.0 Å². The summed E-state index contributed by atoms with van der Waals surface area (Å²) in [4.78, 5) is 26.6. The maximum absolute atomic E-state index is 12.9. The van der Waals surface area contributed by atoms with Crippen LogP contribution >= 0.6 is 0 Å². The van der Waals surface area contributed by atoms with Crippen LogP contribution in [0.15, 0.2) is 36.5 Å². The number of amides is 2. The Labute approximate surface area is 147 Å². The number of aryl methyl sites for hydroxylation is 1. The molecule has 0 bridgehead atoms. The minimum Gasteiger partial charge on any atom is -0.352 e. The molecule has 1 aromatic heterocycles. The van der Waals surface area contributed by atoms with Crippen LogP contribution in [0.4, 0.5) is 13.2 Å². The minimum atomic E-state index is -4.47. The number of aromatic nitrogens is 2. The largest absolute Gasteiger partial charge is 0.416 e. The Morgan fingerprint density at radius 3 is 2.54 bits per heavy atom. The molecule has 1 N–H and O–H groups in total. The lowest BCUT2D eigenvalue weighted by Gasteiger charge is -2.35. The van der Waals surface area contributed by atoms with E-state index in [1.807, 2.05) is 0 Å². The number of nitrogens with zero attached hydrogens (tertiary/aromatic N) is 3. The van der Waals surface area contributed by atoms with E-state index in [9.17, 15) is 22.8 Å². The molecule has 1 aromatic carbocycles. The van der Waals surface area contributed by atoms with Crippen LogP contribution in [0.3, 0.4) is 0 Å². The Kier molecular flexibility index (Phi) is 4.62. The smallest absolute Gasteiger partial charge is 0.352 e. The molecule has 2 aromatic rings. The molecule has 1 atom stereocenters. The van der Waals surface area contributed by atoms with E-state index in [-0.39, 0.29) is 13.1 Å². The summed E-state index contributed by atoms with van der Waals surface area (Å²) in [6.45, 7) is 2.12. The van der Waals surface area contributed by atoms with Gasteiger partial charge >= 0.3 is 6.18 Å². The average Bonchev–Trinajstić information content (AvgIpc) is 2.61. The van der Waals surface area contributed by atoms with Gasteiger partial charge in [-0.05, 0) is 30.7 Å². The van der Waals surface area contributed by atoms with E-state index < -0.39 is 29.6 Å². The van der Waals surface area contributed by atoms with Crippen LogP contribution in [0.2, 0.25) is 0 Å². The number of rotatable bonds is 2. The van der Waals surface area contributed by atoms with E-state index in [0.29, 0.717) is 16.8 Å². The summed E-state index contributed by atoms with van der Waals surface area (Å²) < 4.78 is 38.3. The lowest BCUT2D eigenvalue weighted by atomic mass is 9.99. The highest BCUT2D eigenvalue weighted by Gasteiger charge is 2.36. The zero-order chi connectivity index (χ0) is 18.9. The fraction of sp³-hybridized carbons (Fsp3) is 0.294. The first-order chi connectivity index (χ1) is 12.3. The minimum absolute atomic E-state index is 0.234. The highest BCUT2D eigenvalue weighted by molar-refractivity contribution is 5.99. The fourth-order valence-electron chi connectivity index (χ4n) is 2.85. The van der Waals surface area contributed by atoms with Gasteiger partial charge in [-0.3, -0.25) is 9.59 Å². The molecule has 1 fully saturated rings. The molecule has 0 saturated carbocycles. The molecule has 1 unspecified atom stereocenters. The topological polar surface area (TPSA) is 75.2 Å². The first-order valence-electron chi connectivity index (χ1n) is 7.83. The zero-order valence-corrected chi connectivity index (χ0v) is 13.7. The summed E-state index contributed by atoms with van der Waals surface area (Å²) in [5, 5.41) is 10.2. The number of hydrogen-bond donors (Lipinski definition) is 1. The van der Waals surface area contributed by atoms with Crippen LogP contribution in [0.5, 0.6) is 0 Å². The standard InChI is InChI=1S/C17H15F3N4O2/c1-10-13(6-7-22-23-10)16(26)24-9-8-21-15(25)14(24)11-2-4-12(5-3-11)17(18,19)20/h2-7,14H,8-9H2,1H3,(H,21,25). The van der Waals surface area contributed by atoms with Crippen LogP contribution in [0, 0.1) is 6.92 Å². The third-order valence-electron chi connectivity index (χ3n) is 4.16. The molecule has 2 amide bonds. The molecule has 136 valence electrons. The number of hydrogen-bond acceptors (Lipinski definition) is 4. The first-order valence-corrected chi connectivity index (χ1v) is 7.83. The highest BCUT2D eigenvalue weighted by Crippen LogP contribution is 2.32. The lowest BCUT2D eigenvalue weighted by Crippen LogP contribution is -2.52. The fourth-order valence-corrected chi connectivity index (χ4v) is 2.85. The molecular weight excluding hydrogens is 349 g/mol. The Balaban J connectivity index is 1.96. The lowest BCUT2D eigenvalue weighted by molar-refractivity contribution is -0.137. The summed E-state index contributed by atoms with van der Waals surface area (Å²) >= 11 is 0. The van der Waals surface area contributed by atoms with Crippen molar-refractivity contribution in [2.24, 2.45) is 0 Å². The molecule has 3 rings (SSSR count). The molecule has 1 aliphatic heterocycles. The van der Waals surface area contributed by atoms with Crippen molar-refractivity contribution in [2.45, 2.75) is 19.1 Å². The van der Waals surface area contributed by atoms with Gasteiger partial charge in [0.05, 0.1) is 23.0 Å². The normalized spacial score (nSPS) is 17.8. The Bertz CT molecular complexity index is 837. The van der Waals surface area contributed by atoms with E-state index in [0.717, 1.165) is 12.1 Å². The van der Waals surface area contributed by atoms with Gasteiger partial charge in [0.1, 0.15) is 6.04 Å². The molecule has 1 aliphatic rings. The summed E-state index contributed by atoms with van der Waals surface area (Å²) in [7, 11) is 0. The number of piperazine rings is 1. The van der Waals surface area contributed by atoms with Gasteiger partial charge in [-0.25, -0.2) is 0 Å². The van der Waals surface area contributed by atoms with Gasteiger partial charge in [0.2, 0.25) is 5.91 Å². The molecular formula is C17H15F3N4O2. The summed E-state index contributed by atoms with van der Waals surface area (Å²) in [5.41, 5.74) is 0.203. The van der Waals surface area contributed by atoms with Crippen molar-refractivity contribution in [3.63, 3.8) is 0 Å². The van der Waals surface area contributed by atoms with Gasteiger partial charge < -0.3 is 10.2 Å². The van der Waals surface area contributed by atoms with Crippen molar-refractivity contribution in [1.82, 2.24) is 20.4 Å². The maximum atomic E-state index is 12.9. The van der Waals surface area contributed by atoms with Gasteiger partial charge in [0.15, 0.2) is 0 Å². The quantitative estimate of drug-likeness (QED) is 0.886. The SMILES string of the molecule is Cc1nnccc1C(=O)N1CCNC(=O)C1c1ccc(C(F)(F)F)cc1. The molecule has 0 aliphatic carbocycles. The van der Waals surface area contributed by atoms with Gasteiger partial charge in [0, 0.05) is 13.1 Å². The highest BCUT2D eigenvalue weighted by atomic mass is 19.4. The summed E-state index contributed by atoms with van der Waals surface area (Å²) in [5.74, 6) is -0.860. The van der Waals surface area contributed by atoms with Gasteiger partial charge in [0.25, 0.3) is 5.91 Å². The first kappa shape index (κ1) is 17.8. The molecule has 9 heteroatoms. The second kappa shape index (κ2) is 6.74. The number of benzene rings is 1. The van der Waals surface area contributed by atoms with Crippen molar-refractivity contribution in [3.05, 3.63) is 58.9 Å². The van der Waals surface area contributed by atoms with Gasteiger partial charge in [-0.1, -0.05) is 12.1 Å². The Morgan fingerprint density at radius 1 is 1.23 bits per heavy atom. The second-order valence-corrected chi connectivity index (χ2v) is 5.84. The Morgan fingerprint density at radius 2 is 1.92 bits per heavy atom. The Hall–Kier alpha value is -2.97. The van der Waals surface area contributed by atoms with Crippen molar-refractivity contribution in [2.75, 3.05) is 13.1 Å². The zero-order valence-electron chi connectivity index (χ0n) is 13.7. The van der Waals surface area contributed by atoms with Crippen LogP contribution in [-0.2, 0) is 11.0 Å². The molecule has 2 heterocycles. The molecule has 6 nitrogen and oxygen atoms in total. The molecule has 0 radical (unpaired) electrons. The van der Waals surface area contributed by atoms with E-state index in [1.54, 1.807) is 6.92 Å². The predicted molar refractivity (Wildman–Crippen MR) is 85.0 cm³/mol. The average molecular weight is 364 g/mol. The van der Waals surface area contributed by atoms with Crippen LogP contribution < -0.4 is 5.32 Å². The number of halogens is 3. The van der Waals surface area contributed by atoms with E-state index in [2.05, 4.69) is 15.5 Å². The van der Waals surface area contributed by atoms with Crippen LogP contribution in [0.25, 0.3) is 0 Å². The van der Waals surface area contributed by atoms with E-state index in [1.165, 1.54) is 29.3 Å². The monoisotopic (exact) mass is 364 g/mol. The van der Waals surface area contributed by atoms with Gasteiger partial charge in [-0.15, -0.1) is 0 Å². The van der Waals surface area contributed by atoms with Gasteiger partial charge in [-0.2, -0.15) is 23.4 Å².